The van der Waals surface area contributed by atoms with Crippen LogP contribution in [0.1, 0.15) is 68.7 Å². The fourth-order valence-corrected chi connectivity index (χ4v) is 12.4. The fraction of sp³-hybridized carbons (Fsp3) is 0.111. The molecule has 8 bridgehead atoms. The summed E-state index contributed by atoms with van der Waals surface area (Å²) in [6.45, 7) is 1.04. The molecular formula is C72H60N4O4. The Kier molecular flexibility index (Phi) is 13.7. The Labute approximate surface area is 465 Å². The van der Waals surface area contributed by atoms with E-state index in [1.165, 1.54) is 0 Å². The van der Waals surface area contributed by atoms with Crippen LogP contribution in [0, 0.1) is 0 Å². The minimum Gasteiger partial charge on any atom is -0.507 e. The van der Waals surface area contributed by atoms with E-state index in [9.17, 15) is 20.4 Å². The van der Waals surface area contributed by atoms with Crippen LogP contribution in [-0.4, -0.2) is 20.4 Å². The zero-order valence-corrected chi connectivity index (χ0v) is 44.0. The van der Waals surface area contributed by atoms with Crippen molar-refractivity contribution < 1.29 is 20.4 Å². The third kappa shape index (κ3) is 9.44. The summed E-state index contributed by atoms with van der Waals surface area (Å²) in [7, 11) is 0. The summed E-state index contributed by atoms with van der Waals surface area (Å²) in [4.78, 5) is 0. The topological polar surface area (TPSA) is 129 Å². The van der Waals surface area contributed by atoms with Gasteiger partial charge in [0.1, 0.15) is 23.0 Å². The molecule has 1 heterocycles. The summed E-state index contributed by atoms with van der Waals surface area (Å²) in [5.41, 5.74) is 8.97. The van der Waals surface area contributed by atoms with E-state index in [1.54, 1.807) is 0 Å². The second-order valence-electron chi connectivity index (χ2n) is 21.0. The lowest BCUT2D eigenvalue weighted by atomic mass is 9.87. The van der Waals surface area contributed by atoms with E-state index in [4.69, 9.17) is 0 Å². The lowest BCUT2D eigenvalue weighted by molar-refractivity contribution is 0.373. The zero-order valence-electron chi connectivity index (χ0n) is 44.0. The first-order valence-electron chi connectivity index (χ1n) is 27.5. The van der Waals surface area contributed by atoms with Crippen molar-refractivity contribution in [1.82, 2.24) is 21.3 Å². The molecule has 0 fully saturated rings. The van der Waals surface area contributed by atoms with Crippen LogP contribution in [0.25, 0.3) is 65.3 Å². The maximum absolute atomic E-state index is 13.0. The van der Waals surface area contributed by atoms with Gasteiger partial charge in [-0.15, -0.1) is 0 Å². The van der Waals surface area contributed by atoms with Crippen LogP contribution in [-0.2, 0) is 26.2 Å². The highest BCUT2D eigenvalue weighted by molar-refractivity contribution is 6.12. The Morgan fingerprint density at radius 1 is 0.237 bits per heavy atom. The maximum Gasteiger partial charge on any atom is 0.128 e. The maximum atomic E-state index is 13.0. The Hall–Kier alpha value is -9.28. The first-order valence-corrected chi connectivity index (χ1v) is 27.5. The van der Waals surface area contributed by atoms with Crippen LogP contribution in [0.3, 0.4) is 0 Å². The monoisotopic (exact) mass is 1040 g/mol. The van der Waals surface area contributed by atoms with E-state index >= 15 is 0 Å². The summed E-state index contributed by atoms with van der Waals surface area (Å²) >= 11 is 0. The third-order valence-electron chi connectivity index (χ3n) is 16.3. The van der Waals surface area contributed by atoms with E-state index in [-0.39, 0.29) is 73.3 Å². The highest BCUT2D eigenvalue weighted by atomic mass is 16.3. The van der Waals surface area contributed by atoms with Gasteiger partial charge in [0.2, 0.25) is 0 Å². The van der Waals surface area contributed by atoms with E-state index < -0.39 is 0 Å². The molecule has 13 rings (SSSR count). The number of aromatic hydroxyl groups is 4. The Morgan fingerprint density at radius 3 is 0.637 bits per heavy atom. The standard InChI is InChI=1S/C72H60N4O4/c77-69-53-37-49-29-13-17-33-57(49)61(69)62-59-35-19-15-31-51(59)39-55(71(62)79)43-75-67(47-25-9-3-10-26-47)68(48-27-11-4-12-28-48)76-44-56-40-52-32-16-20-36-60(52)64(72(56)80)63-58-34-18-14-30-50(58)38-54(70(63)78)42-74-66(46-23-7-2-8-24-46)65(73-41-53)45-21-5-1-6-22-45/h1-40,65-68,73-80H,41-44H2/t65-,66-,67-,68-/m1/s1. The number of phenolic OH excluding ortho intramolecular Hbond substituents is 4. The van der Waals surface area contributed by atoms with Crippen molar-refractivity contribution in [1.29, 1.82) is 0 Å². The predicted molar refractivity (Wildman–Crippen MR) is 325 cm³/mol. The van der Waals surface area contributed by atoms with Crippen molar-refractivity contribution in [3.63, 3.8) is 0 Å². The molecule has 12 aromatic rings. The summed E-state index contributed by atoms with van der Waals surface area (Å²) < 4.78 is 0. The van der Waals surface area contributed by atoms with Gasteiger partial charge in [-0.05, 0) is 89.6 Å². The molecule has 1 aliphatic rings. The van der Waals surface area contributed by atoms with Crippen LogP contribution in [0.2, 0.25) is 0 Å². The van der Waals surface area contributed by atoms with Gasteiger partial charge >= 0.3 is 0 Å². The van der Waals surface area contributed by atoms with E-state index in [1.807, 2.05) is 170 Å². The van der Waals surface area contributed by atoms with Gasteiger partial charge in [0.25, 0.3) is 0 Å². The van der Waals surface area contributed by atoms with E-state index in [0.717, 1.165) is 65.3 Å². The molecule has 8 nitrogen and oxygen atoms in total. The number of hydrogen-bond donors (Lipinski definition) is 8. The van der Waals surface area contributed by atoms with Gasteiger partial charge in [-0.3, -0.25) is 0 Å². The Balaban J connectivity index is 1.05. The van der Waals surface area contributed by atoms with Gasteiger partial charge in [0.05, 0.1) is 24.2 Å². The summed E-state index contributed by atoms with van der Waals surface area (Å²) in [6, 6.07) is 80.3. The van der Waals surface area contributed by atoms with Gasteiger partial charge < -0.3 is 41.7 Å². The molecule has 0 saturated heterocycles. The SMILES string of the molecule is Oc1c2cc3ccccc3c1-c1c(O)c(cc3ccccc13)CN[C@H](c1ccccc1)[C@@H](c1ccccc1)NCc1cc3ccccc3c(c1O)-c1c(O)c(cc3ccccc13)CN[C@H](c1ccccc1)[C@@H](c1ccccc1)NC2. The highest BCUT2D eigenvalue weighted by Gasteiger charge is 2.31. The molecule has 1 aliphatic heterocycles. The molecule has 8 heteroatoms. The van der Waals surface area contributed by atoms with Crippen molar-refractivity contribution in [3.05, 3.63) is 287 Å². The minimum absolute atomic E-state index is 0.0790. The lowest BCUT2D eigenvalue weighted by Crippen LogP contribution is -2.35. The highest BCUT2D eigenvalue weighted by Crippen LogP contribution is 2.50. The van der Waals surface area contributed by atoms with Crippen LogP contribution in [0.15, 0.2) is 243 Å². The predicted octanol–water partition coefficient (Wildman–Crippen LogP) is 15.5. The van der Waals surface area contributed by atoms with Crippen molar-refractivity contribution in [3.8, 4) is 45.3 Å². The molecule has 392 valence electrons. The molecule has 0 saturated carbocycles. The average molecular weight is 1050 g/mol. The van der Waals surface area contributed by atoms with E-state index in [2.05, 4.69) is 94.1 Å². The van der Waals surface area contributed by atoms with Crippen LogP contribution < -0.4 is 21.3 Å². The number of fused-ring (bicyclic) bond motifs is 18. The van der Waals surface area contributed by atoms with E-state index in [0.29, 0.717) is 44.5 Å². The van der Waals surface area contributed by atoms with Crippen LogP contribution >= 0.6 is 0 Å². The third-order valence-corrected chi connectivity index (χ3v) is 16.3. The summed E-state index contributed by atoms with van der Waals surface area (Å²) in [6.07, 6.45) is 0. The largest absolute Gasteiger partial charge is 0.507 e. The van der Waals surface area contributed by atoms with Gasteiger partial charge in [-0.1, -0.05) is 218 Å². The molecule has 0 radical (unpaired) electrons. The van der Waals surface area contributed by atoms with Crippen molar-refractivity contribution in [2.24, 2.45) is 0 Å². The molecule has 12 aromatic carbocycles. The molecule has 80 heavy (non-hydrogen) atoms. The molecule has 0 spiro atoms. The lowest BCUT2D eigenvalue weighted by Gasteiger charge is -2.31. The normalized spacial score (nSPS) is 17.3. The first-order chi connectivity index (χ1) is 39.4. The molecule has 0 aliphatic carbocycles. The summed E-state index contributed by atoms with van der Waals surface area (Å²) in [5, 5.41) is 74.7. The first kappa shape index (κ1) is 50.2. The summed E-state index contributed by atoms with van der Waals surface area (Å²) in [5.74, 6) is 0.316. The number of nitrogens with one attached hydrogen (secondary N) is 4. The number of rotatable bonds is 4. The fourth-order valence-electron chi connectivity index (χ4n) is 12.4. The Bertz CT molecular complexity index is 3670. The molecule has 4 atom stereocenters. The minimum atomic E-state index is -0.362. The van der Waals surface area contributed by atoms with Crippen molar-refractivity contribution in [2.75, 3.05) is 0 Å². The number of benzene rings is 12. The molecule has 0 unspecified atom stereocenters. The quantitative estimate of drug-likeness (QED) is 0.0875. The second kappa shape index (κ2) is 21.9. The van der Waals surface area contributed by atoms with Gasteiger partial charge in [0.15, 0.2) is 0 Å². The molecular weight excluding hydrogens is 985 g/mol. The van der Waals surface area contributed by atoms with Crippen molar-refractivity contribution >= 4 is 43.1 Å². The van der Waals surface area contributed by atoms with Gasteiger partial charge in [-0.2, -0.15) is 0 Å². The second-order valence-corrected chi connectivity index (χ2v) is 21.0. The average Bonchev–Trinajstić information content (AvgIpc) is 3.61. The number of hydrogen-bond acceptors (Lipinski definition) is 8. The molecule has 0 amide bonds. The number of phenols is 4. The Morgan fingerprint density at radius 2 is 0.425 bits per heavy atom. The zero-order chi connectivity index (χ0) is 54.1. The van der Waals surface area contributed by atoms with Crippen LogP contribution in [0.5, 0.6) is 23.0 Å². The van der Waals surface area contributed by atoms with Gasteiger partial charge in [-0.25, -0.2) is 0 Å². The molecule has 0 aromatic heterocycles. The van der Waals surface area contributed by atoms with Gasteiger partial charge in [0, 0.05) is 70.7 Å². The van der Waals surface area contributed by atoms with Crippen LogP contribution in [0.4, 0.5) is 0 Å². The molecule has 8 N–H and O–H groups in total. The van der Waals surface area contributed by atoms with Crippen molar-refractivity contribution in [2.45, 2.75) is 50.3 Å². The smallest absolute Gasteiger partial charge is 0.128 e.